The van der Waals surface area contributed by atoms with Crippen molar-refractivity contribution < 1.29 is 24.0 Å². The summed E-state index contributed by atoms with van der Waals surface area (Å²) in [6, 6.07) is 5.80. The normalized spacial score (nSPS) is 10.6. The maximum absolute atomic E-state index is 12.2. The maximum atomic E-state index is 12.2. The Morgan fingerprint density at radius 2 is 1.79 bits per heavy atom. The Kier molecular flexibility index (Phi) is 7.89. The van der Waals surface area contributed by atoms with E-state index in [1.165, 1.54) is 12.1 Å². The molecule has 1 aromatic carbocycles. The predicted molar refractivity (Wildman–Crippen MR) is 105 cm³/mol. The molecule has 0 atom stereocenters. The van der Waals surface area contributed by atoms with Gasteiger partial charge in [0, 0.05) is 24.2 Å². The number of aromatic nitrogens is 3. The van der Waals surface area contributed by atoms with Gasteiger partial charge in [0.2, 0.25) is 5.25 Å². The van der Waals surface area contributed by atoms with Crippen LogP contribution in [-0.4, -0.2) is 50.1 Å². The van der Waals surface area contributed by atoms with E-state index in [1.807, 2.05) is 0 Å². The van der Waals surface area contributed by atoms with Gasteiger partial charge in [0.25, 0.3) is 5.69 Å². The Morgan fingerprint density at radius 3 is 2.28 bits per heavy atom. The number of nitro benzene ring substituents is 1. The molecule has 0 spiro atoms. The number of nitro groups is 1. The number of nitrogens with zero attached hydrogens (tertiary/aromatic N) is 4. The number of benzene rings is 1. The SMILES string of the molecule is C=CCn1c(SC(C(=O)OCC)C(=O)OCC)nnc1-c1ccc([N+](=O)[O-])cc1. The van der Waals surface area contributed by atoms with Crippen molar-refractivity contribution >= 4 is 29.4 Å². The van der Waals surface area contributed by atoms with E-state index in [4.69, 9.17) is 9.47 Å². The summed E-state index contributed by atoms with van der Waals surface area (Å²) in [5.41, 5.74) is 0.531. The first-order valence-electron chi connectivity index (χ1n) is 8.71. The monoisotopic (exact) mass is 420 g/mol. The number of carbonyl (C=O) groups is 2. The molecule has 1 aromatic heterocycles. The fourth-order valence-corrected chi connectivity index (χ4v) is 3.26. The molecule has 0 aliphatic carbocycles. The molecule has 0 saturated carbocycles. The molecule has 10 nitrogen and oxygen atoms in total. The van der Waals surface area contributed by atoms with Gasteiger partial charge < -0.3 is 9.47 Å². The van der Waals surface area contributed by atoms with Crippen molar-refractivity contribution in [3.63, 3.8) is 0 Å². The minimum Gasteiger partial charge on any atom is -0.465 e. The zero-order valence-corrected chi connectivity index (χ0v) is 16.8. The quantitative estimate of drug-likeness (QED) is 0.142. The van der Waals surface area contributed by atoms with Crippen molar-refractivity contribution in [1.29, 1.82) is 0 Å². The first kappa shape index (κ1) is 22.1. The average molecular weight is 420 g/mol. The lowest BCUT2D eigenvalue weighted by Crippen LogP contribution is -2.31. The summed E-state index contributed by atoms with van der Waals surface area (Å²) < 4.78 is 11.6. The van der Waals surface area contributed by atoms with Crippen LogP contribution in [0.4, 0.5) is 5.69 Å². The Bertz CT molecular complexity index is 878. The maximum Gasteiger partial charge on any atom is 0.331 e. The standard InChI is InChI=1S/C18H20N4O6S/c1-4-11-21-15(12-7-9-13(10-8-12)22(25)26)19-20-18(21)29-14(16(23)27-5-2)17(24)28-6-3/h4,7-10,14H,1,5-6,11H2,2-3H3. The summed E-state index contributed by atoms with van der Waals surface area (Å²) in [7, 11) is 0. The number of carbonyl (C=O) groups excluding carboxylic acids is 2. The second-order valence-electron chi connectivity index (χ2n) is 5.51. The van der Waals surface area contributed by atoms with Crippen LogP contribution in [-0.2, 0) is 25.6 Å². The summed E-state index contributed by atoms with van der Waals surface area (Å²) in [5, 5.41) is 18.1. The van der Waals surface area contributed by atoms with Crippen LogP contribution in [0.3, 0.4) is 0 Å². The predicted octanol–water partition coefficient (Wildman–Crippen LogP) is 2.63. The van der Waals surface area contributed by atoms with Crippen molar-refractivity contribution in [3.8, 4) is 11.4 Å². The van der Waals surface area contributed by atoms with Crippen molar-refractivity contribution in [2.75, 3.05) is 13.2 Å². The molecule has 2 rings (SSSR count). The van der Waals surface area contributed by atoms with Gasteiger partial charge in [-0.15, -0.1) is 16.8 Å². The first-order chi connectivity index (χ1) is 13.9. The zero-order chi connectivity index (χ0) is 21.4. The number of non-ortho nitro benzene ring substituents is 1. The highest BCUT2D eigenvalue weighted by atomic mass is 32.2. The van der Waals surface area contributed by atoms with E-state index < -0.39 is 22.1 Å². The van der Waals surface area contributed by atoms with Crippen LogP contribution in [0.15, 0.2) is 42.1 Å². The number of thioether (sulfide) groups is 1. The summed E-state index contributed by atoms with van der Waals surface area (Å²) >= 11 is 0.859. The fraction of sp³-hybridized carbons (Fsp3) is 0.333. The smallest absolute Gasteiger partial charge is 0.331 e. The lowest BCUT2D eigenvalue weighted by Gasteiger charge is -2.14. The first-order valence-corrected chi connectivity index (χ1v) is 9.59. The molecule has 0 unspecified atom stereocenters. The third-order valence-electron chi connectivity index (χ3n) is 3.59. The van der Waals surface area contributed by atoms with Crippen molar-refractivity contribution in [3.05, 3.63) is 47.0 Å². The van der Waals surface area contributed by atoms with Gasteiger partial charge in [0.15, 0.2) is 11.0 Å². The van der Waals surface area contributed by atoms with Gasteiger partial charge in [-0.1, -0.05) is 17.8 Å². The zero-order valence-electron chi connectivity index (χ0n) is 15.9. The molecule has 0 amide bonds. The number of allylic oxidation sites excluding steroid dienone is 1. The van der Waals surface area contributed by atoms with Crippen LogP contribution in [0, 0.1) is 10.1 Å². The van der Waals surface area contributed by atoms with E-state index in [-0.39, 0.29) is 24.1 Å². The largest absolute Gasteiger partial charge is 0.465 e. The van der Waals surface area contributed by atoms with Crippen LogP contribution in [0.5, 0.6) is 0 Å². The molecule has 154 valence electrons. The van der Waals surface area contributed by atoms with Gasteiger partial charge in [-0.2, -0.15) is 0 Å². The Balaban J connectivity index is 2.39. The average Bonchev–Trinajstić information content (AvgIpc) is 3.09. The molecule has 0 aliphatic rings. The van der Waals surface area contributed by atoms with Crippen LogP contribution < -0.4 is 0 Å². The van der Waals surface area contributed by atoms with Gasteiger partial charge in [-0.3, -0.25) is 24.3 Å². The van der Waals surface area contributed by atoms with E-state index in [2.05, 4.69) is 16.8 Å². The molecular formula is C18H20N4O6S. The molecule has 0 aliphatic heterocycles. The topological polar surface area (TPSA) is 126 Å². The lowest BCUT2D eigenvalue weighted by molar-refractivity contribution is -0.384. The highest BCUT2D eigenvalue weighted by molar-refractivity contribution is 8.01. The molecule has 0 N–H and O–H groups in total. The molecular weight excluding hydrogens is 400 g/mol. The number of ether oxygens (including phenoxy) is 2. The van der Waals surface area contributed by atoms with Gasteiger partial charge >= 0.3 is 11.9 Å². The Hall–Kier alpha value is -3.21. The van der Waals surface area contributed by atoms with Gasteiger partial charge in [0.1, 0.15) is 0 Å². The van der Waals surface area contributed by atoms with Gasteiger partial charge in [-0.05, 0) is 26.0 Å². The summed E-state index contributed by atoms with van der Waals surface area (Å²) in [6.07, 6.45) is 1.60. The van der Waals surface area contributed by atoms with E-state index in [0.29, 0.717) is 17.9 Å². The number of rotatable bonds is 10. The molecule has 0 saturated heterocycles. The van der Waals surface area contributed by atoms with Crippen molar-refractivity contribution in [2.24, 2.45) is 0 Å². The Morgan fingerprint density at radius 1 is 1.21 bits per heavy atom. The second kappa shape index (κ2) is 10.4. The van der Waals surface area contributed by atoms with Crippen molar-refractivity contribution in [2.45, 2.75) is 30.8 Å². The minimum absolute atomic E-state index is 0.0529. The highest BCUT2D eigenvalue weighted by Gasteiger charge is 2.33. The molecule has 0 radical (unpaired) electrons. The highest BCUT2D eigenvalue weighted by Crippen LogP contribution is 2.29. The van der Waals surface area contributed by atoms with Gasteiger partial charge in [-0.25, -0.2) is 0 Å². The summed E-state index contributed by atoms with van der Waals surface area (Å²) in [6.45, 7) is 7.49. The molecule has 1 heterocycles. The number of hydrogen-bond donors (Lipinski definition) is 0. The van der Waals surface area contributed by atoms with E-state index in [0.717, 1.165) is 11.8 Å². The van der Waals surface area contributed by atoms with Gasteiger partial charge in [0.05, 0.1) is 18.1 Å². The fourth-order valence-electron chi connectivity index (χ4n) is 2.35. The molecule has 29 heavy (non-hydrogen) atoms. The lowest BCUT2D eigenvalue weighted by atomic mass is 10.2. The second-order valence-corrected chi connectivity index (χ2v) is 6.58. The molecule has 2 aromatic rings. The molecule has 0 fully saturated rings. The van der Waals surface area contributed by atoms with E-state index in [9.17, 15) is 19.7 Å². The Labute approximate surface area is 171 Å². The molecule has 0 bridgehead atoms. The third-order valence-corrected chi connectivity index (χ3v) is 4.72. The van der Waals surface area contributed by atoms with Crippen LogP contribution >= 0.6 is 11.8 Å². The van der Waals surface area contributed by atoms with Crippen molar-refractivity contribution in [1.82, 2.24) is 14.8 Å². The van der Waals surface area contributed by atoms with Crippen LogP contribution in [0.25, 0.3) is 11.4 Å². The molecule has 11 heteroatoms. The van der Waals surface area contributed by atoms with E-state index >= 15 is 0 Å². The third kappa shape index (κ3) is 5.41. The summed E-state index contributed by atoms with van der Waals surface area (Å²) in [5.74, 6) is -1.06. The number of hydrogen-bond acceptors (Lipinski definition) is 9. The minimum atomic E-state index is -1.26. The summed E-state index contributed by atoms with van der Waals surface area (Å²) in [4.78, 5) is 34.8. The van der Waals surface area contributed by atoms with Crippen LogP contribution in [0.2, 0.25) is 0 Å². The van der Waals surface area contributed by atoms with E-state index in [1.54, 1.807) is 36.6 Å². The van der Waals surface area contributed by atoms with Crippen LogP contribution in [0.1, 0.15) is 13.8 Å². The number of esters is 2.